The number of rotatable bonds is 6. The fourth-order valence-electron chi connectivity index (χ4n) is 2.61. The first-order chi connectivity index (χ1) is 9.60. The second-order valence-corrected chi connectivity index (χ2v) is 5.05. The molecule has 0 spiro atoms. The maximum atomic E-state index is 12.1. The van der Waals surface area contributed by atoms with Crippen molar-refractivity contribution in [3.05, 3.63) is 11.9 Å². The van der Waals surface area contributed by atoms with Crippen molar-refractivity contribution < 1.29 is 14.7 Å². The van der Waals surface area contributed by atoms with Gasteiger partial charge in [-0.25, -0.2) is 4.68 Å². The molecule has 1 amide bonds. The first kappa shape index (κ1) is 14.4. The molecule has 1 aromatic heterocycles. The van der Waals surface area contributed by atoms with Crippen LogP contribution in [0, 0.1) is 11.8 Å². The molecule has 1 aliphatic carbocycles. The highest BCUT2D eigenvalue weighted by atomic mass is 16.4. The van der Waals surface area contributed by atoms with E-state index in [0.717, 1.165) is 19.3 Å². The van der Waals surface area contributed by atoms with Crippen LogP contribution < -0.4 is 11.1 Å². The van der Waals surface area contributed by atoms with Crippen molar-refractivity contribution in [3.8, 4) is 0 Å². The number of amides is 1. The van der Waals surface area contributed by atoms with Crippen LogP contribution in [0.15, 0.2) is 6.20 Å². The predicted octanol–water partition coefficient (Wildman–Crippen LogP) is -0.646. The van der Waals surface area contributed by atoms with Crippen LogP contribution in [0.3, 0.4) is 0 Å². The monoisotopic (exact) mass is 281 g/mol. The standard InChI is InChI=1S/C12H19N5O3/c13-4-8-2-1-3-10(8)12(20)14-5-9-6-17(16-15-9)7-11(18)19/h6,8,10H,1-5,7,13H2,(H,14,20)(H,18,19). The molecule has 0 radical (unpaired) electrons. The number of aliphatic carboxylic acids is 1. The topological polar surface area (TPSA) is 123 Å². The number of hydrogen-bond acceptors (Lipinski definition) is 5. The zero-order valence-electron chi connectivity index (χ0n) is 11.2. The third-order valence-electron chi connectivity index (χ3n) is 3.63. The van der Waals surface area contributed by atoms with Crippen LogP contribution in [0.5, 0.6) is 0 Å². The van der Waals surface area contributed by atoms with Gasteiger partial charge in [-0.2, -0.15) is 0 Å². The highest BCUT2D eigenvalue weighted by molar-refractivity contribution is 5.79. The van der Waals surface area contributed by atoms with E-state index in [9.17, 15) is 9.59 Å². The Morgan fingerprint density at radius 1 is 1.50 bits per heavy atom. The lowest BCUT2D eigenvalue weighted by Gasteiger charge is -2.16. The SMILES string of the molecule is NCC1CCCC1C(=O)NCc1cn(CC(=O)O)nn1. The molecule has 1 aromatic rings. The Kier molecular flexibility index (Phi) is 4.67. The summed E-state index contributed by atoms with van der Waals surface area (Å²) in [7, 11) is 0. The Bertz CT molecular complexity index is 487. The summed E-state index contributed by atoms with van der Waals surface area (Å²) in [6.07, 6.45) is 4.43. The smallest absolute Gasteiger partial charge is 0.325 e. The second-order valence-electron chi connectivity index (χ2n) is 5.05. The minimum atomic E-state index is -0.984. The number of carboxylic acid groups (broad SMARTS) is 1. The van der Waals surface area contributed by atoms with E-state index < -0.39 is 5.97 Å². The van der Waals surface area contributed by atoms with Crippen LogP contribution in [0.1, 0.15) is 25.0 Å². The van der Waals surface area contributed by atoms with Gasteiger partial charge in [0.1, 0.15) is 12.2 Å². The number of nitrogens with zero attached hydrogens (tertiary/aromatic N) is 3. The summed E-state index contributed by atoms with van der Waals surface area (Å²) in [5.41, 5.74) is 6.20. The molecular weight excluding hydrogens is 262 g/mol. The molecule has 1 heterocycles. The van der Waals surface area contributed by atoms with Gasteiger partial charge in [-0.15, -0.1) is 5.10 Å². The number of carbonyl (C=O) groups is 2. The number of carbonyl (C=O) groups excluding carboxylic acids is 1. The van der Waals surface area contributed by atoms with Crippen molar-refractivity contribution >= 4 is 11.9 Å². The van der Waals surface area contributed by atoms with Crippen LogP contribution in [-0.2, 0) is 22.7 Å². The molecule has 0 aromatic carbocycles. The Morgan fingerprint density at radius 3 is 3.00 bits per heavy atom. The number of aromatic nitrogens is 3. The molecule has 8 heteroatoms. The van der Waals surface area contributed by atoms with E-state index >= 15 is 0 Å². The van der Waals surface area contributed by atoms with Crippen LogP contribution >= 0.6 is 0 Å². The summed E-state index contributed by atoms with van der Waals surface area (Å²) in [6.45, 7) is 0.554. The Hall–Kier alpha value is -1.96. The maximum absolute atomic E-state index is 12.1. The third-order valence-corrected chi connectivity index (χ3v) is 3.63. The average molecular weight is 281 g/mol. The Morgan fingerprint density at radius 2 is 2.30 bits per heavy atom. The highest BCUT2D eigenvalue weighted by Gasteiger charge is 2.31. The van der Waals surface area contributed by atoms with Crippen LogP contribution in [0.25, 0.3) is 0 Å². The summed E-state index contributed by atoms with van der Waals surface area (Å²) >= 11 is 0. The van der Waals surface area contributed by atoms with Gasteiger partial charge in [0.05, 0.1) is 12.7 Å². The Labute approximate surface area is 116 Å². The number of nitrogens with one attached hydrogen (secondary N) is 1. The molecule has 2 unspecified atom stereocenters. The molecular formula is C12H19N5O3. The Balaban J connectivity index is 1.84. The van der Waals surface area contributed by atoms with Crippen molar-refractivity contribution in [3.63, 3.8) is 0 Å². The quantitative estimate of drug-likeness (QED) is 0.637. The third kappa shape index (κ3) is 3.53. The molecule has 1 saturated carbocycles. The van der Waals surface area contributed by atoms with E-state index in [-0.39, 0.29) is 30.8 Å². The van der Waals surface area contributed by atoms with Crippen molar-refractivity contribution in [1.29, 1.82) is 0 Å². The number of hydrogen-bond donors (Lipinski definition) is 3. The molecule has 110 valence electrons. The summed E-state index contributed by atoms with van der Waals surface area (Å²) in [6, 6.07) is 0. The van der Waals surface area contributed by atoms with Gasteiger partial charge in [-0.05, 0) is 25.3 Å². The second kappa shape index (κ2) is 6.47. The van der Waals surface area contributed by atoms with Gasteiger partial charge in [0.25, 0.3) is 0 Å². The average Bonchev–Trinajstić information content (AvgIpc) is 3.03. The lowest BCUT2D eigenvalue weighted by Crippen LogP contribution is -2.34. The van der Waals surface area contributed by atoms with E-state index in [1.54, 1.807) is 0 Å². The predicted molar refractivity (Wildman–Crippen MR) is 69.4 cm³/mol. The summed E-state index contributed by atoms with van der Waals surface area (Å²) in [5.74, 6) is -0.750. The highest BCUT2D eigenvalue weighted by Crippen LogP contribution is 2.30. The van der Waals surface area contributed by atoms with Crippen molar-refractivity contribution in [2.75, 3.05) is 6.54 Å². The normalized spacial score (nSPS) is 21.9. The molecule has 0 saturated heterocycles. The van der Waals surface area contributed by atoms with Gasteiger partial charge < -0.3 is 16.2 Å². The molecule has 0 bridgehead atoms. The lowest BCUT2D eigenvalue weighted by molar-refractivity contribution is -0.138. The maximum Gasteiger partial charge on any atom is 0.325 e. The zero-order chi connectivity index (χ0) is 14.5. The van der Waals surface area contributed by atoms with Crippen LogP contribution in [0.4, 0.5) is 0 Å². The number of carboxylic acids is 1. The van der Waals surface area contributed by atoms with E-state index in [0.29, 0.717) is 12.2 Å². The minimum absolute atomic E-state index is 0.00858. The molecule has 20 heavy (non-hydrogen) atoms. The van der Waals surface area contributed by atoms with E-state index in [1.807, 2.05) is 0 Å². The van der Waals surface area contributed by atoms with Gasteiger partial charge in [0.2, 0.25) is 5.91 Å². The molecule has 1 fully saturated rings. The minimum Gasteiger partial charge on any atom is -0.480 e. The number of nitrogens with two attached hydrogens (primary N) is 1. The fraction of sp³-hybridized carbons (Fsp3) is 0.667. The fourth-order valence-corrected chi connectivity index (χ4v) is 2.61. The van der Waals surface area contributed by atoms with E-state index in [2.05, 4.69) is 15.6 Å². The van der Waals surface area contributed by atoms with Crippen molar-refractivity contribution in [1.82, 2.24) is 20.3 Å². The van der Waals surface area contributed by atoms with Gasteiger partial charge in [0.15, 0.2) is 0 Å². The molecule has 4 N–H and O–H groups in total. The van der Waals surface area contributed by atoms with Gasteiger partial charge in [-0.1, -0.05) is 11.6 Å². The largest absolute Gasteiger partial charge is 0.480 e. The first-order valence-corrected chi connectivity index (χ1v) is 6.68. The van der Waals surface area contributed by atoms with Crippen LogP contribution in [0.2, 0.25) is 0 Å². The first-order valence-electron chi connectivity index (χ1n) is 6.68. The van der Waals surface area contributed by atoms with Crippen molar-refractivity contribution in [2.45, 2.75) is 32.4 Å². The zero-order valence-corrected chi connectivity index (χ0v) is 11.2. The van der Waals surface area contributed by atoms with E-state index in [1.165, 1.54) is 10.9 Å². The summed E-state index contributed by atoms with van der Waals surface area (Å²) in [5, 5.41) is 18.9. The molecule has 0 aliphatic heterocycles. The van der Waals surface area contributed by atoms with Gasteiger partial charge >= 0.3 is 5.97 Å². The van der Waals surface area contributed by atoms with Gasteiger partial charge in [-0.3, -0.25) is 9.59 Å². The molecule has 8 nitrogen and oxygen atoms in total. The molecule has 2 atom stereocenters. The van der Waals surface area contributed by atoms with Gasteiger partial charge in [0, 0.05) is 5.92 Å². The lowest BCUT2D eigenvalue weighted by atomic mass is 9.95. The summed E-state index contributed by atoms with van der Waals surface area (Å²) in [4.78, 5) is 22.6. The summed E-state index contributed by atoms with van der Waals surface area (Å²) < 4.78 is 1.22. The molecule has 2 rings (SSSR count). The molecule has 1 aliphatic rings. The van der Waals surface area contributed by atoms with E-state index in [4.69, 9.17) is 10.8 Å². The van der Waals surface area contributed by atoms with Crippen LogP contribution in [-0.4, -0.2) is 38.5 Å². The van der Waals surface area contributed by atoms with Crippen molar-refractivity contribution in [2.24, 2.45) is 17.6 Å².